The van der Waals surface area contributed by atoms with Gasteiger partial charge in [0.2, 0.25) is 0 Å². The van der Waals surface area contributed by atoms with Gasteiger partial charge >= 0.3 is 0 Å². The van der Waals surface area contributed by atoms with Crippen molar-refractivity contribution in [3.63, 3.8) is 0 Å². The molecule has 2 aliphatic rings. The van der Waals surface area contributed by atoms with Crippen molar-refractivity contribution in [3.8, 4) is 0 Å². The summed E-state index contributed by atoms with van der Waals surface area (Å²) in [5.74, 6) is 1.16. The number of para-hydroxylation sites is 2. The summed E-state index contributed by atoms with van der Waals surface area (Å²) in [5, 5.41) is 0. The second kappa shape index (κ2) is 8.29. The molecule has 1 atom stereocenters. The van der Waals surface area contributed by atoms with E-state index in [0.29, 0.717) is 0 Å². The van der Waals surface area contributed by atoms with Crippen LogP contribution in [-0.2, 0) is 19.5 Å². The minimum atomic E-state index is 0.791. The molecule has 2 aliphatic heterocycles. The number of benzene rings is 2. The lowest BCUT2D eigenvalue weighted by Crippen LogP contribution is -2.35. The highest BCUT2D eigenvalue weighted by atomic mass is 15.3. The highest BCUT2D eigenvalue weighted by molar-refractivity contribution is 5.76. The predicted octanol–water partition coefficient (Wildman–Crippen LogP) is 4.32. The van der Waals surface area contributed by atoms with E-state index in [1.165, 1.54) is 62.1 Å². The third kappa shape index (κ3) is 3.96. The second-order valence-corrected chi connectivity index (χ2v) is 8.67. The number of hydrogen-bond donors (Lipinski definition) is 0. The zero-order valence-electron chi connectivity index (χ0n) is 17.6. The number of fused-ring (bicyclic) bond motifs is 1. The number of rotatable bonds is 6. The van der Waals surface area contributed by atoms with Crippen molar-refractivity contribution >= 4 is 11.0 Å². The van der Waals surface area contributed by atoms with Crippen LogP contribution in [0.4, 0.5) is 0 Å². The van der Waals surface area contributed by atoms with Crippen molar-refractivity contribution in [3.05, 3.63) is 65.5 Å². The fourth-order valence-corrected chi connectivity index (χ4v) is 5.18. The van der Waals surface area contributed by atoms with Gasteiger partial charge in [0.15, 0.2) is 0 Å². The molecule has 0 bridgehead atoms. The summed E-state index contributed by atoms with van der Waals surface area (Å²) in [6.45, 7) is 9.35. The average Bonchev–Trinajstić information content (AvgIpc) is 3.49. The molecule has 4 nitrogen and oxygen atoms in total. The van der Waals surface area contributed by atoms with E-state index in [0.717, 1.165) is 36.9 Å². The van der Waals surface area contributed by atoms with Crippen LogP contribution in [0, 0.1) is 0 Å². The maximum Gasteiger partial charge on any atom is 0.114 e. The quantitative estimate of drug-likeness (QED) is 0.629. The molecule has 0 radical (unpaired) electrons. The first-order valence-corrected chi connectivity index (χ1v) is 11.3. The molecule has 152 valence electrons. The lowest BCUT2D eigenvalue weighted by Gasteiger charge is -2.23. The van der Waals surface area contributed by atoms with Crippen LogP contribution >= 0.6 is 0 Å². The molecule has 1 aromatic heterocycles. The highest BCUT2D eigenvalue weighted by Gasteiger charge is 2.28. The van der Waals surface area contributed by atoms with Gasteiger partial charge in [0, 0.05) is 38.6 Å². The Morgan fingerprint density at radius 3 is 2.48 bits per heavy atom. The topological polar surface area (TPSA) is 24.3 Å². The van der Waals surface area contributed by atoms with Crippen LogP contribution < -0.4 is 0 Å². The van der Waals surface area contributed by atoms with Crippen molar-refractivity contribution in [2.45, 2.75) is 51.7 Å². The molecule has 0 saturated carbocycles. The number of nitrogens with zero attached hydrogens (tertiary/aromatic N) is 4. The Morgan fingerprint density at radius 2 is 1.69 bits per heavy atom. The number of aromatic nitrogens is 2. The van der Waals surface area contributed by atoms with E-state index >= 15 is 0 Å². The third-order valence-electron chi connectivity index (χ3n) is 6.75. The van der Waals surface area contributed by atoms with Gasteiger partial charge in [-0.25, -0.2) is 4.98 Å². The van der Waals surface area contributed by atoms with Crippen molar-refractivity contribution in [2.24, 2.45) is 0 Å². The maximum atomic E-state index is 4.88. The largest absolute Gasteiger partial charge is 0.328 e. The first-order valence-electron chi connectivity index (χ1n) is 11.3. The molecule has 2 aromatic carbocycles. The summed E-state index contributed by atoms with van der Waals surface area (Å²) in [7, 11) is 0. The molecule has 3 aromatic rings. The smallest absolute Gasteiger partial charge is 0.114 e. The molecule has 0 amide bonds. The maximum absolute atomic E-state index is 4.88. The van der Waals surface area contributed by atoms with E-state index < -0.39 is 0 Å². The van der Waals surface area contributed by atoms with E-state index in [2.05, 4.69) is 69.8 Å². The molecule has 4 heteroatoms. The van der Waals surface area contributed by atoms with E-state index in [1.54, 1.807) is 0 Å². The lowest BCUT2D eigenvalue weighted by atomic mass is 10.1. The lowest BCUT2D eigenvalue weighted by molar-refractivity contribution is 0.230. The third-order valence-corrected chi connectivity index (χ3v) is 6.75. The Morgan fingerprint density at radius 1 is 0.931 bits per heavy atom. The van der Waals surface area contributed by atoms with Crippen LogP contribution in [0.1, 0.15) is 43.1 Å². The molecule has 29 heavy (non-hydrogen) atoms. The average molecular weight is 389 g/mol. The first kappa shape index (κ1) is 18.8. The molecule has 3 heterocycles. The Kier molecular flexibility index (Phi) is 5.38. The Labute approximate surface area is 174 Å². The number of hydrogen-bond acceptors (Lipinski definition) is 3. The first-order chi connectivity index (χ1) is 14.3. The van der Waals surface area contributed by atoms with Gasteiger partial charge in [-0.2, -0.15) is 0 Å². The van der Waals surface area contributed by atoms with Gasteiger partial charge in [0.25, 0.3) is 0 Å². The fraction of sp³-hybridized carbons (Fsp3) is 0.480. The molecular weight excluding hydrogens is 356 g/mol. The van der Waals surface area contributed by atoms with Crippen LogP contribution in [0.3, 0.4) is 0 Å². The summed E-state index contributed by atoms with van der Waals surface area (Å²) in [5.41, 5.74) is 5.11. The van der Waals surface area contributed by atoms with E-state index in [9.17, 15) is 0 Å². The van der Waals surface area contributed by atoms with Crippen molar-refractivity contribution in [2.75, 3.05) is 26.2 Å². The van der Waals surface area contributed by atoms with E-state index in [-0.39, 0.29) is 0 Å². The summed E-state index contributed by atoms with van der Waals surface area (Å²) in [4.78, 5) is 10.2. The summed E-state index contributed by atoms with van der Waals surface area (Å²) in [6, 6.07) is 18.5. The fourth-order valence-electron chi connectivity index (χ4n) is 5.18. The van der Waals surface area contributed by atoms with Crippen molar-refractivity contribution in [1.82, 2.24) is 19.4 Å². The second-order valence-electron chi connectivity index (χ2n) is 8.67. The predicted molar refractivity (Wildman–Crippen MR) is 119 cm³/mol. The molecule has 0 N–H and O–H groups in total. The Hall–Kier alpha value is -2.17. The molecule has 0 spiro atoms. The zero-order valence-corrected chi connectivity index (χ0v) is 17.6. The van der Waals surface area contributed by atoms with Gasteiger partial charge in [-0.15, -0.1) is 0 Å². The van der Waals surface area contributed by atoms with Gasteiger partial charge in [0.05, 0.1) is 11.0 Å². The Balaban J connectivity index is 1.23. The standard InChI is InChI=1S/C25H32N4/c1-2-29-24-8-4-3-7-23(24)26-25(29)17-20-9-11-21(12-10-20)18-27-16-13-22(19-27)28-14-5-6-15-28/h3-4,7-12,22H,2,5-6,13-19H2,1H3/t22-/m0/s1. The van der Waals surface area contributed by atoms with Crippen molar-refractivity contribution in [1.29, 1.82) is 0 Å². The molecule has 2 saturated heterocycles. The summed E-state index contributed by atoms with van der Waals surface area (Å²) >= 11 is 0. The van der Waals surface area contributed by atoms with Gasteiger partial charge in [-0.1, -0.05) is 36.4 Å². The van der Waals surface area contributed by atoms with Crippen LogP contribution in [0.15, 0.2) is 48.5 Å². The van der Waals surface area contributed by atoms with Crippen LogP contribution in [0.25, 0.3) is 11.0 Å². The van der Waals surface area contributed by atoms with Gasteiger partial charge in [-0.05, 0) is 62.5 Å². The number of likely N-dealkylation sites (tertiary alicyclic amines) is 2. The number of imidazole rings is 1. The minimum Gasteiger partial charge on any atom is -0.328 e. The normalized spacial score (nSPS) is 20.8. The van der Waals surface area contributed by atoms with Gasteiger partial charge in [0.1, 0.15) is 5.82 Å². The van der Waals surface area contributed by atoms with Crippen LogP contribution in [0.5, 0.6) is 0 Å². The van der Waals surface area contributed by atoms with E-state index in [4.69, 9.17) is 4.98 Å². The Bertz CT molecular complexity index is 953. The van der Waals surface area contributed by atoms with Crippen LogP contribution in [-0.4, -0.2) is 51.6 Å². The monoisotopic (exact) mass is 388 g/mol. The van der Waals surface area contributed by atoms with Crippen molar-refractivity contribution < 1.29 is 0 Å². The minimum absolute atomic E-state index is 0.791. The molecule has 0 unspecified atom stereocenters. The molecule has 5 rings (SSSR count). The van der Waals surface area contributed by atoms with Gasteiger partial charge in [-0.3, -0.25) is 9.80 Å². The van der Waals surface area contributed by atoms with Crippen LogP contribution in [0.2, 0.25) is 0 Å². The SMILES string of the molecule is CCn1c(Cc2ccc(CN3CC[C@H](N4CCCC4)C3)cc2)nc2ccccc21. The van der Waals surface area contributed by atoms with E-state index in [1.807, 2.05) is 0 Å². The molecular formula is C25H32N4. The molecule has 2 fully saturated rings. The summed E-state index contributed by atoms with van der Waals surface area (Å²) < 4.78 is 2.34. The number of aryl methyl sites for hydroxylation is 1. The molecule has 0 aliphatic carbocycles. The zero-order chi connectivity index (χ0) is 19.6. The highest BCUT2D eigenvalue weighted by Crippen LogP contribution is 2.23. The van der Waals surface area contributed by atoms with Gasteiger partial charge < -0.3 is 4.57 Å². The summed E-state index contributed by atoms with van der Waals surface area (Å²) in [6.07, 6.45) is 5.02.